The number of hydrogen-bond donors (Lipinski definition) is 1. The third-order valence-electron chi connectivity index (χ3n) is 3.76. The van der Waals surface area contributed by atoms with Crippen LogP contribution in [0, 0.1) is 18.3 Å². The van der Waals surface area contributed by atoms with Crippen molar-refractivity contribution in [3.8, 4) is 6.07 Å². The zero-order chi connectivity index (χ0) is 14.4. The van der Waals surface area contributed by atoms with Crippen LogP contribution in [0.5, 0.6) is 0 Å². The molecule has 1 aromatic carbocycles. The predicted octanol–water partition coefficient (Wildman–Crippen LogP) is 2.68. The van der Waals surface area contributed by atoms with Crippen molar-refractivity contribution in [2.45, 2.75) is 32.6 Å². The van der Waals surface area contributed by atoms with Crippen molar-refractivity contribution < 1.29 is 4.79 Å². The van der Waals surface area contributed by atoms with E-state index in [-0.39, 0.29) is 5.91 Å². The number of nitrogens with one attached hydrogen (secondary N) is 1. The van der Waals surface area contributed by atoms with Crippen LogP contribution in [-0.2, 0) is 4.79 Å². The number of aryl methyl sites for hydroxylation is 1. The normalized spacial score (nSPS) is 15.3. The predicted molar refractivity (Wildman–Crippen MR) is 79.4 cm³/mol. The van der Waals surface area contributed by atoms with Crippen LogP contribution in [0.3, 0.4) is 0 Å². The average Bonchev–Trinajstić information content (AvgIpc) is 2.75. The Bertz CT molecular complexity index is 511. The van der Waals surface area contributed by atoms with Crippen molar-refractivity contribution in [2.75, 3.05) is 25.0 Å². The lowest BCUT2D eigenvalue weighted by molar-refractivity contribution is -0.129. The first kappa shape index (κ1) is 14.4. The molecule has 106 valence electrons. The molecule has 0 atom stereocenters. The Balaban J connectivity index is 1.94. The van der Waals surface area contributed by atoms with E-state index < -0.39 is 0 Å². The summed E-state index contributed by atoms with van der Waals surface area (Å²) in [6, 6.07) is 7.60. The van der Waals surface area contributed by atoms with Gasteiger partial charge < -0.3 is 10.2 Å². The summed E-state index contributed by atoms with van der Waals surface area (Å²) in [4.78, 5) is 14.1. The third-order valence-corrected chi connectivity index (χ3v) is 3.76. The number of hydrogen-bond acceptors (Lipinski definition) is 3. The second kappa shape index (κ2) is 6.95. The van der Waals surface area contributed by atoms with Gasteiger partial charge in [0.15, 0.2) is 0 Å². The zero-order valence-corrected chi connectivity index (χ0v) is 12.0. The zero-order valence-electron chi connectivity index (χ0n) is 12.0. The van der Waals surface area contributed by atoms with Gasteiger partial charge in [0.05, 0.1) is 18.2 Å². The number of nitriles is 1. The molecule has 0 saturated carbocycles. The lowest BCUT2D eigenvalue weighted by atomic mass is 10.1. The van der Waals surface area contributed by atoms with E-state index in [0.29, 0.717) is 12.1 Å². The highest BCUT2D eigenvalue weighted by molar-refractivity contribution is 5.81. The Morgan fingerprint density at radius 1 is 1.30 bits per heavy atom. The molecule has 20 heavy (non-hydrogen) atoms. The van der Waals surface area contributed by atoms with E-state index in [1.165, 1.54) is 12.8 Å². The van der Waals surface area contributed by atoms with E-state index >= 15 is 0 Å². The first-order chi connectivity index (χ1) is 9.70. The van der Waals surface area contributed by atoms with E-state index in [2.05, 4.69) is 11.4 Å². The molecule has 1 amide bonds. The molecule has 1 N–H and O–H groups in total. The quantitative estimate of drug-likeness (QED) is 0.919. The molecule has 0 aromatic heterocycles. The third kappa shape index (κ3) is 3.74. The van der Waals surface area contributed by atoms with Gasteiger partial charge in [-0.3, -0.25) is 4.79 Å². The molecule has 4 heteroatoms. The van der Waals surface area contributed by atoms with Crippen LogP contribution in [0.2, 0.25) is 0 Å². The number of carbonyl (C=O) groups is 1. The van der Waals surface area contributed by atoms with Gasteiger partial charge in [-0.2, -0.15) is 5.26 Å². The number of likely N-dealkylation sites (tertiary alicyclic amines) is 1. The van der Waals surface area contributed by atoms with Gasteiger partial charge in [-0.05, 0) is 37.5 Å². The van der Waals surface area contributed by atoms with Crippen molar-refractivity contribution in [2.24, 2.45) is 0 Å². The minimum absolute atomic E-state index is 0.147. The van der Waals surface area contributed by atoms with E-state index in [1.54, 1.807) is 12.1 Å². The highest BCUT2D eigenvalue weighted by atomic mass is 16.2. The Hall–Kier alpha value is -2.02. The second-order valence-corrected chi connectivity index (χ2v) is 5.29. The summed E-state index contributed by atoms with van der Waals surface area (Å²) in [5, 5.41) is 12.1. The van der Waals surface area contributed by atoms with Crippen LogP contribution in [0.1, 0.15) is 36.8 Å². The molecule has 1 fully saturated rings. The maximum atomic E-state index is 12.2. The number of amides is 1. The lowest BCUT2D eigenvalue weighted by Crippen LogP contribution is -2.36. The Kier molecular flexibility index (Phi) is 5.00. The molecule has 2 rings (SSSR count). The van der Waals surface area contributed by atoms with Crippen LogP contribution in [0.4, 0.5) is 5.69 Å². The molecule has 0 spiro atoms. The Labute approximate surface area is 120 Å². The minimum Gasteiger partial charge on any atom is -0.376 e. The number of benzene rings is 1. The maximum absolute atomic E-state index is 12.2. The van der Waals surface area contributed by atoms with Gasteiger partial charge in [0.1, 0.15) is 0 Å². The molecule has 4 nitrogen and oxygen atoms in total. The molecule has 1 aliphatic rings. The first-order valence-electron chi connectivity index (χ1n) is 7.23. The van der Waals surface area contributed by atoms with Crippen molar-refractivity contribution in [3.05, 3.63) is 29.3 Å². The molecular weight excluding hydrogens is 250 g/mol. The highest BCUT2D eigenvalue weighted by Gasteiger charge is 2.15. The largest absolute Gasteiger partial charge is 0.376 e. The Morgan fingerprint density at radius 2 is 2.00 bits per heavy atom. The standard InChI is InChI=1S/C16H21N3O/c1-13-6-7-14(11-17)10-15(13)18-12-16(20)19-8-4-2-3-5-9-19/h6-7,10,18H,2-5,8-9,12H2,1H3. The van der Waals surface area contributed by atoms with Gasteiger partial charge in [-0.25, -0.2) is 0 Å². The van der Waals surface area contributed by atoms with Crippen LogP contribution in [0.25, 0.3) is 0 Å². The summed E-state index contributed by atoms with van der Waals surface area (Å²) in [6.45, 7) is 4.02. The summed E-state index contributed by atoms with van der Waals surface area (Å²) in [5.41, 5.74) is 2.53. The van der Waals surface area contributed by atoms with E-state index in [4.69, 9.17) is 5.26 Å². The van der Waals surface area contributed by atoms with Crippen LogP contribution in [-0.4, -0.2) is 30.4 Å². The number of nitrogens with zero attached hydrogens (tertiary/aromatic N) is 2. The summed E-state index contributed by atoms with van der Waals surface area (Å²) in [7, 11) is 0. The van der Waals surface area contributed by atoms with Gasteiger partial charge >= 0.3 is 0 Å². The average molecular weight is 271 g/mol. The van der Waals surface area contributed by atoms with Gasteiger partial charge in [0.25, 0.3) is 0 Å². The van der Waals surface area contributed by atoms with Crippen molar-refractivity contribution in [3.63, 3.8) is 0 Å². The SMILES string of the molecule is Cc1ccc(C#N)cc1NCC(=O)N1CCCCCC1. The summed E-state index contributed by atoms with van der Waals surface area (Å²) in [5.74, 6) is 0.147. The highest BCUT2D eigenvalue weighted by Crippen LogP contribution is 2.16. The van der Waals surface area contributed by atoms with E-state index in [0.717, 1.165) is 37.2 Å². The van der Waals surface area contributed by atoms with Gasteiger partial charge in [-0.15, -0.1) is 0 Å². The fourth-order valence-electron chi connectivity index (χ4n) is 2.48. The van der Waals surface area contributed by atoms with Crippen molar-refractivity contribution in [1.29, 1.82) is 5.26 Å². The molecule has 1 saturated heterocycles. The van der Waals surface area contributed by atoms with Gasteiger partial charge in [0, 0.05) is 18.8 Å². The topological polar surface area (TPSA) is 56.1 Å². The monoisotopic (exact) mass is 271 g/mol. The van der Waals surface area contributed by atoms with E-state index in [1.807, 2.05) is 17.9 Å². The molecular formula is C16H21N3O. The Morgan fingerprint density at radius 3 is 2.65 bits per heavy atom. The number of rotatable bonds is 3. The first-order valence-corrected chi connectivity index (χ1v) is 7.23. The molecule has 1 aromatic rings. The van der Waals surface area contributed by atoms with Crippen LogP contribution >= 0.6 is 0 Å². The number of anilines is 1. The summed E-state index contributed by atoms with van der Waals surface area (Å²) >= 11 is 0. The minimum atomic E-state index is 0.147. The number of carbonyl (C=O) groups excluding carboxylic acids is 1. The molecule has 0 aliphatic carbocycles. The smallest absolute Gasteiger partial charge is 0.241 e. The van der Waals surface area contributed by atoms with Gasteiger partial charge in [0.2, 0.25) is 5.91 Å². The molecule has 1 aliphatic heterocycles. The van der Waals surface area contributed by atoms with Crippen molar-refractivity contribution in [1.82, 2.24) is 4.90 Å². The lowest BCUT2D eigenvalue weighted by Gasteiger charge is -2.21. The summed E-state index contributed by atoms with van der Waals surface area (Å²) < 4.78 is 0. The molecule has 0 radical (unpaired) electrons. The van der Waals surface area contributed by atoms with Crippen LogP contribution < -0.4 is 5.32 Å². The summed E-state index contributed by atoms with van der Waals surface area (Å²) in [6.07, 6.45) is 4.66. The second-order valence-electron chi connectivity index (χ2n) is 5.29. The molecule has 1 heterocycles. The van der Waals surface area contributed by atoms with Crippen LogP contribution in [0.15, 0.2) is 18.2 Å². The fourth-order valence-corrected chi connectivity index (χ4v) is 2.48. The fraction of sp³-hybridized carbons (Fsp3) is 0.500. The molecule has 0 bridgehead atoms. The van der Waals surface area contributed by atoms with Crippen molar-refractivity contribution >= 4 is 11.6 Å². The van der Waals surface area contributed by atoms with E-state index in [9.17, 15) is 4.79 Å². The van der Waals surface area contributed by atoms with Gasteiger partial charge in [-0.1, -0.05) is 18.9 Å². The molecule has 0 unspecified atom stereocenters. The maximum Gasteiger partial charge on any atom is 0.241 e.